The molecule has 3 rings (SSSR count). The molecular formula is C23H29ClN2O3. The van der Waals surface area contributed by atoms with Crippen molar-refractivity contribution in [3.8, 4) is 5.75 Å². The Hall–Kier alpha value is -2.24. The predicted octanol–water partition coefficient (Wildman–Crippen LogP) is 4.30. The average Bonchev–Trinajstić information content (AvgIpc) is 3.20. The number of carbonyl (C=O) groups excluding carboxylic acids is 1. The number of ether oxygens (including phenoxy) is 2. The van der Waals surface area contributed by atoms with E-state index in [2.05, 4.69) is 29.2 Å². The number of benzene rings is 2. The van der Waals surface area contributed by atoms with Crippen molar-refractivity contribution < 1.29 is 14.3 Å². The van der Waals surface area contributed by atoms with Gasteiger partial charge >= 0.3 is 0 Å². The van der Waals surface area contributed by atoms with E-state index in [0.717, 1.165) is 36.3 Å². The molecule has 1 aliphatic heterocycles. The quantitative estimate of drug-likeness (QED) is 0.643. The first-order valence-electron chi connectivity index (χ1n) is 9.97. The molecule has 0 N–H and O–H groups in total. The van der Waals surface area contributed by atoms with Crippen LogP contribution in [0.1, 0.15) is 24.0 Å². The summed E-state index contributed by atoms with van der Waals surface area (Å²) in [6.45, 7) is 3.80. The Kier molecular flexibility index (Phi) is 7.40. The molecule has 1 heterocycles. The molecule has 1 fully saturated rings. The zero-order valence-corrected chi connectivity index (χ0v) is 18.1. The van der Waals surface area contributed by atoms with Gasteiger partial charge in [-0.3, -0.25) is 4.79 Å². The Morgan fingerprint density at radius 2 is 1.97 bits per heavy atom. The number of hydrogen-bond acceptors (Lipinski definition) is 4. The lowest BCUT2D eigenvalue weighted by Gasteiger charge is -2.26. The summed E-state index contributed by atoms with van der Waals surface area (Å²) >= 11 is 6.00. The molecule has 0 aliphatic carbocycles. The number of halogens is 1. The zero-order valence-electron chi connectivity index (χ0n) is 17.4. The van der Waals surface area contributed by atoms with E-state index < -0.39 is 0 Å². The van der Waals surface area contributed by atoms with Gasteiger partial charge in [-0.05, 0) is 61.2 Å². The minimum atomic E-state index is -0.0495. The molecule has 1 aliphatic rings. The van der Waals surface area contributed by atoms with Crippen LogP contribution in [0.4, 0.5) is 5.69 Å². The van der Waals surface area contributed by atoms with Gasteiger partial charge < -0.3 is 19.3 Å². The monoisotopic (exact) mass is 416 g/mol. The highest BCUT2D eigenvalue weighted by molar-refractivity contribution is 6.30. The van der Waals surface area contributed by atoms with Crippen LogP contribution in [0.3, 0.4) is 0 Å². The Morgan fingerprint density at radius 3 is 2.59 bits per heavy atom. The van der Waals surface area contributed by atoms with Crippen molar-refractivity contribution in [2.24, 2.45) is 0 Å². The smallest absolute Gasteiger partial charge is 0.260 e. The summed E-state index contributed by atoms with van der Waals surface area (Å²) < 4.78 is 11.6. The summed E-state index contributed by atoms with van der Waals surface area (Å²) in [4.78, 5) is 16.9. The van der Waals surface area contributed by atoms with E-state index >= 15 is 0 Å². The lowest BCUT2D eigenvalue weighted by molar-refractivity contribution is -0.135. The van der Waals surface area contributed by atoms with Crippen molar-refractivity contribution in [1.82, 2.24) is 4.90 Å². The molecule has 1 atom stereocenters. The van der Waals surface area contributed by atoms with Gasteiger partial charge in [0.25, 0.3) is 5.91 Å². The van der Waals surface area contributed by atoms with Gasteiger partial charge in [0.1, 0.15) is 5.75 Å². The van der Waals surface area contributed by atoms with Crippen molar-refractivity contribution in [2.75, 3.05) is 38.8 Å². The van der Waals surface area contributed by atoms with E-state index in [-0.39, 0.29) is 18.6 Å². The van der Waals surface area contributed by atoms with E-state index in [4.69, 9.17) is 21.1 Å². The van der Waals surface area contributed by atoms with Gasteiger partial charge in [-0.15, -0.1) is 0 Å². The zero-order chi connectivity index (χ0) is 20.8. The maximum Gasteiger partial charge on any atom is 0.260 e. The van der Waals surface area contributed by atoms with Crippen molar-refractivity contribution in [2.45, 2.75) is 32.4 Å². The van der Waals surface area contributed by atoms with Crippen LogP contribution >= 0.6 is 11.6 Å². The van der Waals surface area contributed by atoms with Crippen LogP contribution < -0.4 is 9.64 Å². The van der Waals surface area contributed by atoms with Gasteiger partial charge in [0.05, 0.1) is 6.10 Å². The molecule has 0 aromatic heterocycles. The third-order valence-electron chi connectivity index (χ3n) is 5.12. The van der Waals surface area contributed by atoms with Crippen LogP contribution in [-0.2, 0) is 16.1 Å². The number of nitrogens with zero attached hydrogens (tertiary/aromatic N) is 2. The first-order valence-corrected chi connectivity index (χ1v) is 10.3. The Labute approximate surface area is 178 Å². The molecule has 0 spiro atoms. The third-order valence-corrected chi connectivity index (χ3v) is 5.35. The Morgan fingerprint density at radius 1 is 1.21 bits per heavy atom. The van der Waals surface area contributed by atoms with Crippen molar-refractivity contribution in [1.29, 1.82) is 0 Å². The summed E-state index contributed by atoms with van der Waals surface area (Å²) in [5.74, 6) is 0.627. The molecule has 0 bridgehead atoms. The molecule has 29 heavy (non-hydrogen) atoms. The summed E-state index contributed by atoms with van der Waals surface area (Å²) in [6, 6.07) is 13.7. The molecular weight excluding hydrogens is 388 g/mol. The fourth-order valence-corrected chi connectivity index (χ4v) is 3.64. The number of aryl methyl sites for hydroxylation is 1. The molecule has 5 nitrogen and oxygen atoms in total. The minimum Gasteiger partial charge on any atom is -0.483 e. The highest BCUT2D eigenvalue weighted by Crippen LogP contribution is 2.22. The fraction of sp³-hybridized carbons (Fsp3) is 0.435. The molecule has 1 saturated heterocycles. The number of amides is 1. The second kappa shape index (κ2) is 9.99. The van der Waals surface area contributed by atoms with E-state index in [1.165, 1.54) is 0 Å². The van der Waals surface area contributed by atoms with Gasteiger partial charge in [-0.25, -0.2) is 0 Å². The normalized spacial score (nSPS) is 15.9. The highest BCUT2D eigenvalue weighted by atomic mass is 35.5. The molecule has 156 valence electrons. The van der Waals surface area contributed by atoms with Crippen LogP contribution in [0.15, 0.2) is 42.5 Å². The molecule has 2 aromatic rings. The van der Waals surface area contributed by atoms with E-state index in [1.54, 1.807) is 12.1 Å². The standard InChI is InChI=1S/C23H29ClN2O3/c1-17-13-19(24)8-11-22(17)29-16-23(27)26(15-21-5-4-12-28-21)14-18-6-9-20(10-7-18)25(2)3/h6-11,13,21H,4-5,12,14-16H2,1-3H3/t21-/m1/s1. The van der Waals surface area contributed by atoms with Crippen LogP contribution in [0.25, 0.3) is 0 Å². The maximum atomic E-state index is 13.0. The predicted molar refractivity (Wildman–Crippen MR) is 117 cm³/mol. The van der Waals surface area contributed by atoms with Gasteiger partial charge in [0.15, 0.2) is 6.61 Å². The second-order valence-corrected chi connectivity index (χ2v) is 8.11. The first kappa shape index (κ1) is 21.5. The summed E-state index contributed by atoms with van der Waals surface area (Å²) in [5, 5.41) is 0.655. The lowest BCUT2D eigenvalue weighted by Crippen LogP contribution is -2.39. The topological polar surface area (TPSA) is 42.0 Å². The van der Waals surface area contributed by atoms with Gasteiger partial charge in [0.2, 0.25) is 0 Å². The van der Waals surface area contributed by atoms with Crippen LogP contribution in [-0.4, -0.2) is 50.8 Å². The average molecular weight is 417 g/mol. The SMILES string of the molecule is Cc1cc(Cl)ccc1OCC(=O)N(Cc1ccc(N(C)C)cc1)C[C@H]1CCCO1. The number of hydrogen-bond donors (Lipinski definition) is 0. The minimum absolute atomic E-state index is 0.00895. The largest absolute Gasteiger partial charge is 0.483 e. The van der Waals surface area contributed by atoms with Crippen LogP contribution in [0, 0.1) is 6.92 Å². The Balaban J connectivity index is 1.67. The van der Waals surface area contributed by atoms with Crippen LogP contribution in [0.5, 0.6) is 5.75 Å². The van der Waals surface area contributed by atoms with Crippen molar-refractivity contribution >= 4 is 23.2 Å². The summed E-state index contributed by atoms with van der Waals surface area (Å²) in [5.41, 5.74) is 3.13. The fourth-order valence-electron chi connectivity index (χ4n) is 3.41. The van der Waals surface area contributed by atoms with E-state index in [0.29, 0.717) is 23.9 Å². The number of anilines is 1. The Bertz CT molecular complexity index is 817. The highest BCUT2D eigenvalue weighted by Gasteiger charge is 2.23. The molecule has 0 radical (unpaired) electrons. The molecule has 0 unspecified atom stereocenters. The van der Waals surface area contributed by atoms with E-state index in [9.17, 15) is 4.79 Å². The number of carbonyl (C=O) groups is 1. The molecule has 0 saturated carbocycles. The maximum absolute atomic E-state index is 13.0. The lowest BCUT2D eigenvalue weighted by atomic mass is 10.1. The van der Waals surface area contributed by atoms with Crippen molar-refractivity contribution in [3.05, 3.63) is 58.6 Å². The van der Waals surface area contributed by atoms with Crippen molar-refractivity contribution in [3.63, 3.8) is 0 Å². The molecule has 6 heteroatoms. The van der Waals surface area contributed by atoms with E-state index in [1.807, 2.05) is 32.0 Å². The van der Waals surface area contributed by atoms with Gasteiger partial charge in [0, 0.05) is 44.5 Å². The molecule has 2 aromatic carbocycles. The third kappa shape index (κ3) is 6.12. The first-order chi connectivity index (χ1) is 13.9. The number of rotatable bonds is 8. The van der Waals surface area contributed by atoms with Crippen LogP contribution in [0.2, 0.25) is 5.02 Å². The summed E-state index contributed by atoms with van der Waals surface area (Å²) in [6.07, 6.45) is 2.13. The van der Waals surface area contributed by atoms with Gasteiger partial charge in [-0.1, -0.05) is 23.7 Å². The van der Waals surface area contributed by atoms with Gasteiger partial charge in [-0.2, -0.15) is 0 Å². The summed E-state index contributed by atoms with van der Waals surface area (Å²) in [7, 11) is 4.02. The second-order valence-electron chi connectivity index (χ2n) is 7.67. The molecule has 1 amide bonds.